The number of hydrogen-bond donors (Lipinski definition) is 3. The maximum atomic E-state index is 15.2. The van der Waals surface area contributed by atoms with Crippen molar-refractivity contribution in [2.75, 3.05) is 24.1 Å². The average Bonchev–Trinajstić information content (AvgIpc) is 3.21. The number of carbonyl (C=O) groups is 1. The van der Waals surface area contributed by atoms with Crippen molar-refractivity contribution in [2.45, 2.75) is 18.9 Å². The first-order chi connectivity index (χ1) is 15.6. The van der Waals surface area contributed by atoms with Crippen molar-refractivity contribution in [3.8, 4) is 11.3 Å². The zero-order chi connectivity index (χ0) is 22.1. The van der Waals surface area contributed by atoms with Crippen molar-refractivity contribution in [3.05, 3.63) is 66.2 Å². The van der Waals surface area contributed by atoms with Gasteiger partial charge in [-0.1, -0.05) is 6.07 Å². The van der Waals surface area contributed by atoms with Crippen LogP contribution in [0.15, 0.2) is 54.9 Å². The number of halogens is 1. The topological polar surface area (TPSA) is 111 Å². The predicted molar refractivity (Wildman–Crippen MR) is 121 cm³/mol. The van der Waals surface area contributed by atoms with Crippen LogP contribution in [0.25, 0.3) is 22.2 Å². The maximum absolute atomic E-state index is 15.2. The van der Waals surface area contributed by atoms with Crippen LogP contribution >= 0.6 is 0 Å². The summed E-state index contributed by atoms with van der Waals surface area (Å²) in [5, 5.41) is 11.4. The lowest BCUT2D eigenvalue weighted by Crippen LogP contribution is -2.32. The van der Waals surface area contributed by atoms with Crippen LogP contribution in [0.2, 0.25) is 0 Å². The molecular formula is C23H22FN7O. The highest BCUT2D eigenvalue weighted by Gasteiger charge is 2.24. The van der Waals surface area contributed by atoms with E-state index in [1.807, 2.05) is 10.7 Å². The summed E-state index contributed by atoms with van der Waals surface area (Å²) in [7, 11) is 0. The fourth-order valence-electron chi connectivity index (χ4n) is 4.10. The molecule has 0 aliphatic carbocycles. The number of piperidine rings is 1. The maximum Gasteiger partial charge on any atom is 0.256 e. The molecule has 1 aliphatic rings. The van der Waals surface area contributed by atoms with E-state index in [1.54, 1.807) is 42.7 Å². The number of carbonyl (C=O) groups excluding carboxylic acids is 1. The van der Waals surface area contributed by atoms with Crippen molar-refractivity contribution in [1.29, 1.82) is 0 Å². The molecule has 4 aromatic rings. The Kier molecular flexibility index (Phi) is 5.24. The number of fused-ring (bicyclic) bond motifs is 1. The molecule has 8 nitrogen and oxygen atoms in total. The molecule has 0 unspecified atom stereocenters. The summed E-state index contributed by atoms with van der Waals surface area (Å²) in [6.07, 6.45) is 5.22. The third-order valence-electron chi connectivity index (χ3n) is 5.66. The van der Waals surface area contributed by atoms with Gasteiger partial charge in [0, 0.05) is 30.1 Å². The minimum Gasteiger partial charge on any atom is -0.383 e. The molecule has 1 aliphatic heterocycles. The minimum absolute atomic E-state index is 0.147. The van der Waals surface area contributed by atoms with Crippen molar-refractivity contribution < 1.29 is 9.18 Å². The highest BCUT2D eigenvalue weighted by Crippen LogP contribution is 2.35. The van der Waals surface area contributed by atoms with Crippen LogP contribution in [0.5, 0.6) is 0 Å². The molecule has 1 fully saturated rings. The Morgan fingerprint density at radius 1 is 1.19 bits per heavy atom. The van der Waals surface area contributed by atoms with Crippen LogP contribution in [-0.2, 0) is 0 Å². The lowest BCUT2D eigenvalue weighted by atomic mass is 10.0. The standard InChI is InChI=1S/C23H22FN7O/c24-17-12-14(23(32)29-19-5-1-2-10-27-19)6-7-16(17)21-20-18(8-11-28-22(20)25)31(30-21)15-4-3-9-26-13-15/h1-2,5-8,10-12,15,26H,3-4,9,13H2,(H2,25,28)(H,27,29,32)/t15-/m1/s1. The fraction of sp³-hybridized carbons (Fsp3) is 0.217. The zero-order valence-electron chi connectivity index (χ0n) is 17.3. The first-order valence-electron chi connectivity index (χ1n) is 10.5. The largest absolute Gasteiger partial charge is 0.383 e. The normalized spacial score (nSPS) is 16.2. The number of nitrogens with zero attached hydrogens (tertiary/aromatic N) is 4. The Morgan fingerprint density at radius 3 is 2.84 bits per heavy atom. The molecule has 32 heavy (non-hydrogen) atoms. The number of nitrogens with two attached hydrogens (primary N) is 1. The second-order valence-corrected chi connectivity index (χ2v) is 7.75. The van der Waals surface area contributed by atoms with E-state index >= 15 is 4.39 Å². The first-order valence-corrected chi connectivity index (χ1v) is 10.5. The summed E-state index contributed by atoms with van der Waals surface area (Å²) in [6, 6.07) is 11.5. The summed E-state index contributed by atoms with van der Waals surface area (Å²) >= 11 is 0. The van der Waals surface area contributed by atoms with Gasteiger partial charge in [-0.25, -0.2) is 14.4 Å². The van der Waals surface area contributed by atoms with Crippen molar-refractivity contribution in [2.24, 2.45) is 0 Å². The second kappa shape index (κ2) is 8.35. The molecule has 0 radical (unpaired) electrons. The summed E-state index contributed by atoms with van der Waals surface area (Å²) in [6.45, 7) is 1.76. The number of benzene rings is 1. The summed E-state index contributed by atoms with van der Waals surface area (Å²) in [5.74, 6) is -0.315. The van der Waals surface area contributed by atoms with Crippen LogP contribution in [0, 0.1) is 5.82 Å². The van der Waals surface area contributed by atoms with E-state index in [4.69, 9.17) is 10.8 Å². The van der Waals surface area contributed by atoms with Crippen LogP contribution in [0.4, 0.5) is 16.0 Å². The third kappa shape index (κ3) is 3.67. The molecule has 4 N–H and O–H groups in total. The molecule has 0 saturated carbocycles. The highest BCUT2D eigenvalue weighted by molar-refractivity contribution is 6.05. The SMILES string of the molecule is Nc1nccc2c1c(-c1ccc(C(=O)Nc3ccccn3)cc1F)nn2[C@@H]1CCCNC1. The lowest BCUT2D eigenvalue weighted by molar-refractivity contribution is 0.102. The van der Waals surface area contributed by atoms with Crippen LogP contribution in [-0.4, -0.2) is 38.7 Å². The lowest BCUT2D eigenvalue weighted by Gasteiger charge is -2.23. The first kappa shape index (κ1) is 20.1. The Bertz CT molecular complexity index is 1280. The summed E-state index contributed by atoms with van der Waals surface area (Å²) < 4.78 is 17.1. The molecule has 5 rings (SSSR count). The van der Waals surface area contributed by atoms with E-state index in [1.165, 1.54) is 6.07 Å². The number of nitrogen functional groups attached to an aromatic ring is 1. The van der Waals surface area contributed by atoms with Gasteiger partial charge in [-0.05, 0) is 55.8 Å². The number of amides is 1. The van der Waals surface area contributed by atoms with Gasteiger partial charge in [0.05, 0.1) is 16.9 Å². The molecule has 4 heterocycles. The second-order valence-electron chi connectivity index (χ2n) is 7.75. The molecule has 1 saturated heterocycles. The average molecular weight is 431 g/mol. The van der Waals surface area contributed by atoms with Gasteiger partial charge in [-0.15, -0.1) is 0 Å². The Morgan fingerprint density at radius 2 is 2.09 bits per heavy atom. The molecule has 1 aromatic carbocycles. The van der Waals surface area contributed by atoms with Crippen LogP contribution in [0.3, 0.4) is 0 Å². The Balaban J connectivity index is 1.53. The van der Waals surface area contributed by atoms with E-state index in [0.717, 1.165) is 31.4 Å². The van der Waals surface area contributed by atoms with Gasteiger partial charge in [0.1, 0.15) is 23.1 Å². The highest BCUT2D eigenvalue weighted by atomic mass is 19.1. The minimum atomic E-state index is -0.560. The van der Waals surface area contributed by atoms with E-state index < -0.39 is 11.7 Å². The Labute approximate surface area is 183 Å². The number of nitrogens with one attached hydrogen (secondary N) is 2. The summed E-state index contributed by atoms with van der Waals surface area (Å²) in [4.78, 5) is 20.8. The van der Waals surface area contributed by atoms with Crippen LogP contribution in [0.1, 0.15) is 29.2 Å². The molecule has 0 spiro atoms. The van der Waals surface area contributed by atoms with Gasteiger partial charge in [0.2, 0.25) is 0 Å². The van der Waals surface area contributed by atoms with Gasteiger partial charge in [0.25, 0.3) is 5.91 Å². The van der Waals surface area contributed by atoms with E-state index in [-0.39, 0.29) is 17.2 Å². The molecular weight excluding hydrogens is 409 g/mol. The van der Waals surface area contributed by atoms with Crippen molar-refractivity contribution in [1.82, 2.24) is 25.1 Å². The number of pyridine rings is 2. The molecule has 3 aromatic heterocycles. The molecule has 0 bridgehead atoms. The fourth-order valence-corrected chi connectivity index (χ4v) is 4.10. The van der Waals surface area contributed by atoms with Gasteiger partial charge >= 0.3 is 0 Å². The number of hydrogen-bond acceptors (Lipinski definition) is 6. The van der Waals surface area contributed by atoms with E-state index in [9.17, 15) is 4.79 Å². The third-order valence-corrected chi connectivity index (χ3v) is 5.66. The quantitative estimate of drug-likeness (QED) is 0.457. The zero-order valence-corrected chi connectivity index (χ0v) is 17.3. The smallest absolute Gasteiger partial charge is 0.256 e. The van der Waals surface area contributed by atoms with E-state index in [2.05, 4.69) is 20.6 Å². The van der Waals surface area contributed by atoms with Crippen molar-refractivity contribution in [3.63, 3.8) is 0 Å². The van der Waals surface area contributed by atoms with Gasteiger partial charge in [-0.3, -0.25) is 9.48 Å². The number of anilines is 2. The van der Waals surface area contributed by atoms with Gasteiger partial charge in [0.15, 0.2) is 0 Å². The predicted octanol–water partition coefficient (Wildman–Crippen LogP) is 3.39. The van der Waals surface area contributed by atoms with Gasteiger partial charge < -0.3 is 16.4 Å². The van der Waals surface area contributed by atoms with Crippen molar-refractivity contribution >= 4 is 28.4 Å². The molecule has 1 amide bonds. The van der Waals surface area contributed by atoms with E-state index in [0.29, 0.717) is 22.7 Å². The number of rotatable bonds is 4. The molecule has 1 atom stereocenters. The summed E-state index contributed by atoms with van der Waals surface area (Å²) in [5.41, 5.74) is 7.87. The molecule has 9 heteroatoms. The molecule has 162 valence electrons. The van der Waals surface area contributed by atoms with Crippen LogP contribution < -0.4 is 16.4 Å². The Hall–Kier alpha value is -3.85. The number of aromatic nitrogens is 4. The monoisotopic (exact) mass is 431 g/mol. The van der Waals surface area contributed by atoms with Gasteiger partial charge in [-0.2, -0.15) is 5.10 Å².